The zero-order valence-corrected chi connectivity index (χ0v) is 16.0. The van der Waals surface area contributed by atoms with Crippen LogP contribution in [0.25, 0.3) is 0 Å². The highest BCUT2D eigenvalue weighted by atomic mass is 16.2. The molecule has 0 saturated heterocycles. The SMILES string of the molecule is CC(=C[C@H](C(C)C)N(C)C(=O)CNC=O)C(=O)NCCc1ccccc1. The molecule has 3 amide bonds. The van der Waals surface area contributed by atoms with Gasteiger partial charge in [-0.15, -0.1) is 0 Å². The number of likely N-dealkylation sites (N-methyl/N-ethyl adjacent to an activating group) is 1. The molecule has 6 heteroatoms. The molecule has 0 spiro atoms. The van der Waals surface area contributed by atoms with Crippen LogP contribution in [-0.4, -0.2) is 49.3 Å². The Labute approximate surface area is 155 Å². The van der Waals surface area contributed by atoms with Crippen LogP contribution in [0.3, 0.4) is 0 Å². The molecule has 0 saturated carbocycles. The maximum atomic E-state index is 12.3. The smallest absolute Gasteiger partial charge is 0.246 e. The van der Waals surface area contributed by atoms with Crippen molar-refractivity contribution in [3.05, 3.63) is 47.5 Å². The molecule has 1 rings (SSSR count). The Morgan fingerprint density at radius 3 is 2.42 bits per heavy atom. The molecule has 0 aliphatic rings. The minimum absolute atomic E-state index is 0.0562. The summed E-state index contributed by atoms with van der Waals surface area (Å²) in [5, 5.41) is 5.28. The molecule has 1 atom stereocenters. The highest BCUT2D eigenvalue weighted by Gasteiger charge is 2.22. The van der Waals surface area contributed by atoms with Gasteiger partial charge in [0, 0.05) is 19.2 Å². The second-order valence-corrected chi connectivity index (χ2v) is 6.58. The first kappa shape index (κ1) is 21.4. The van der Waals surface area contributed by atoms with Crippen LogP contribution in [0.1, 0.15) is 26.3 Å². The van der Waals surface area contributed by atoms with Crippen molar-refractivity contribution in [2.75, 3.05) is 20.1 Å². The fourth-order valence-electron chi connectivity index (χ4n) is 2.61. The van der Waals surface area contributed by atoms with E-state index in [0.29, 0.717) is 18.5 Å². The van der Waals surface area contributed by atoms with Crippen molar-refractivity contribution in [1.29, 1.82) is 0 Å². The predicted molar refractivity (Wildman–Crippen MR) is 102 cm³/mol. The topological polar surface area (TPSA) is 78.5 Å². The Morgan fingerprint density at radius 2 is 1.85 bits per heavy atom. The molecule has 0 radical (unpaired) electrons. The fourth-order valence-corrected chi connectivity index (χ4v) is 2.61. The second-order valence-electron chi connectivity index (χ2n) is 6.58. The zero-order chi connectivity index (χ0) is 19.5. The van der Waals surface area contributed by atoms with Crippen LogP contribution in [0.2, 0.25) is 0 Å². The number of carbonyl (C=O) groups excluding carboxylic acids is 3. The minimum Gasteiger partial charge on any atom is -0.352 e. The summed E-state index contributed by atoms with van der Waals surface area (Å²) in [7, 11) is 1.68. The number of hydrogen-bond acceptors (Lipinski definition) is 3. The maximum Gasteiger partial charge on any atom is 0.246 e. The quantitative estimate of drug-likeness (QED) is 0.491. The van der Waals surface area contributed by atoms with E-state index in [4.69, 9.17) is 0 Å². The molecule has 0 aliphatic carbocycles. The maximum absolute atomic E-state index is 12.3. The highest BCUT2D eigenvalue weighted by molar-refractivity contribution is 5.93. The van der Waals surface area contributed by atoms with E-state index < -0.39 is 0 Å². The summed E-state index contributed by atoms with van der Waals surface area (Å²) in [5.41, 5.74) is 1.74. The van der Waals surface area contributed by atoms with E-state index in [1.54, 1.807) is 24.9 Å². The van der Waals surface area contributed by atoms with E-state index in [0.717, 1.165) is 6.42 Å². The van der Waals surface area contributed by atoms with Crippen LogP contribution in [0, 0.1) is 5.92 Å². The molecule has 0 aromatic heterocycles. The normalized spacial score (nSPS) is 12.4. The monoisotopic (exact) mass is 359 g/mol. The van der Waals surface area contributed by atoms with Crippen molar-refractivity contribution in [2.45, 2.75) is 33.2 Å². The third kappa shape index (κ3) is 7.09. The molecular weight excluding hydrogens is 330 g/mol. The summed E-state index contributed by atoms with van der Waals surface area (Å²) in [5.74, 6) is -0.213. The average Bonchev–Trinajstić information content (AvgIpc) is 2.63. The Morgan fingerprint density at radius 1 is 1.19 bits per heavy atom. The number of benzene rings is 1. The molecule has 0 fully saturated rings. The van der Waals surface area contributed by atoms with Crippen LogP contribution >= 0.6 is 0 Å². The van der Waals surface area contributed by atoms with E-state index in [1.165, 1.54) is 5.56 Å². The average molecular weight is 359 g/mol. The Balaban J connectivity index is 2.65. The van der Waals surface area contributed by atoms with Crippen molar-refractivity contribution in [3.8, 4) is 0 Å². The molecule has 0 bridgehead atoms. The van der Waals surface area contributed by atoms with E-state index in [2.05, 4.69) is 10.6 Å². The second kappa shape index (κ2) is 11.1. The van der Waals surface area contributed by atoms with E-state index in [9.17, 15) is 14.4 Å². The van der Waals surface area contributed by atoms with Gasteiger partial charge in [-0.25, -0.2) is 0 Å². The van der Waals surface area contributed by atoms with Crippen molar-refractivity contribution < 1.29 is 14.4 Å². The lowest BCUT2D eigenvalue weighted by Crippen LogP contribution is -2.43. The third-order valence-electron chi connectivity index (χ3n) is 4.18. The predicted octanol–water partition coefficient (Wildman–Crippen LogP) is 1.52. The molecule has 1 aromatic carbocycles. The van der Waals surface area contributed by atoms with Gasteiger partial charge in [-0.1, -0.05) is 50.3 Å². The zero-order valence-electron chi connectivity index (χ0n) is 16.0. The Hall–Kier alpha value is -2.63. The van der Waals surface area contributed by atoms with Crippen LogP contribution < -0.4 is 10.6 Å². The van der Waals surface area contributed by atoms with Crippen molar-refractivity contribution in [3.63, 3.8) is 0 Å². The van der Waals surface area contributed by atoms with E-state index in [-0.39, 0.29) is 30.3 Å². The summed E-state index contributed by atoms with van der Waals surface area (Å²) in [6.45, 7) is 6.21. The van der Waals surface area contributed by atoms with Gasteiger partial charge in [0.1, 0.15) is 0 Å². The molecule has 0 heterocycles. The largest absolute Gasteiger partial charge is 0.352 e. The van der Waals surface area contributed by atoms with Crippen LogP contribution in [0.4, 0.5) is 0 Å². The first-order valence-electron chi connectivity index (χ1n) is 8.80. The third-order valence-corrected chi connectivity index (χ3v) is 4.18. The Kier molecular flexibility index (Phi) is 9.12. The van der Waals surface area contributed by atoms with Crippen molar-refractivity contribution in [2.24, 2.45) is 5.92 Å². The fraction of sp³-hybridized carbons (Fsp3) is 0.450. The van der Waals surface area contributed by atoms with Gasteiger partial charge in [0.25, 0.3) is 0 Å². The van der Waals surface area contributed by atoms with Gasteiger partial charge >= 0.3 is 0 Å². The number of rotatable bonds is 10. The standard InChI is InChI=1S/C20H29N3O3/c1-15(2)18(23(4)19(25)13-21-14-24)12-16(3)20(26)22-11-10-17-8-6-5-7-9-17/h5-9,12,14-15,18H,10-11,13H2,1-4H3,(H,21,24)(H,22,26)/t18-/m1/s1. The van der Waals surface area contributed by atoms with Gasteiger partial charge in [-0.05, 0) is 24.8 Å². The summed E-state index contributed by atoms with van der Waals surface area (Å²) in [4.78, 5) is 36.3. The summed E-state index contributed by atoms with van der Waals surface area (Å²) in [6.07, 6.45) is 3.07. The number of amides is 3. The lowest BCUT2D eigenvalue weighted by Gasteiger charge is -2.29. The van der Waals surface area contributed by atoms with Crippen LogP contribution in [0.5, 0.6) is 0 Å². The van der Waals surface area contributed by atoms with Crippen molar-refractivity contribution in [1.82, 2.24) is 15.5 Å². The first-order chi connectivity index (χ1) is 12.4. The van der Waals surface area contributed by atoms with Gasteiger partial charge in [-0.2, -0.15) is 0 Å². The molecule has 0 unspecified atom stereocenters. The molecule has 142 valence electrons. The van der Waals surface area contributed by atoms with E-state index >= 15 is 0 Å². The molecule has 2 N–H and O–H groups in total. The lowest BCUT2D eigenvalue weighted by molar-refractivity contribution is -0.132. The number of hydrogen-bond donors (Lipinski definition) is 2. The molecule has 0 aliphatic heterocycles. The van der Waals surface area contributed by atoms with Gasteiger partial charge in [-0.3, -0.25) is 14.4 Å². The number of nitrogens with one attached hydrogen (secondary N) is 2. The lowest BCUT2D eigenvalue weighted by atomic mass is 9.99. The van der Waals surface area contributed by atoms with Gasteiger partial charge in [0.2, 0.25) is 18.2 Å². The summed E-state index contributed by atoms with van der Waals surface area (Å²) >= 11 is 0. The Bertz CT molecular complexity index is 626. The van der Waals surface area contributed by atoms with Crippen LogP contribution in [-0.2, 0) is 20.8 Å². The number of carbonyl (C=O) groups is 3. The molecule has 6 nitrogen and oxygen atoms in total. The van der Waals surface area contributed by atoms with Crippen molar-refractivity contribution >= 4 is 18.2 Å². The van der Waals surface area contributed by atoms with Gasteiger partial charge in [0.15, 0.2) is 0 Å². The van der Waals surface area contributed by atoms with Crippen LogP contribution in [0.15, 0.2) is 42.0 Å². The summed E-state index contributed by atoms with van der Waals surface area (Å²) in [6, 6.07) is 9.73. The van der Waals surface area contributed by atoms with Gasteiger partial charge in [0.05, 0.1) is 12.6 Å². The summed E-state index contributed by atoms with van der Waals surface area (Å²) < 4.78 is 0. The first-order valence-corrected chi connectivity index (χ1v) is 8.80. The highest BCUT2D eigenvalue weighted by Crippen LogP contribution is 2.13. The molecule has 26 heavy (non-hydrogen) atoms. The molecular formula is C20H29N3O3. The molecule has 1 aromatic rings. The minimum atomic E-state index is -0.226. The number of nitrogens with zero attached hydrogens (tertiary/aromatic N) is 1. The van der Waals surface area contributed by atoms with Gasteiger partial charge < -0.3 is 15.5 Å². The van der Waals surface area contributed by atoms with E-state index in [1.807, 2.05) is 44.2 Å².